The number of fused-ring (bicyclic) bond motifs is 1. The Morgan fingerprint density at radius 2 is 1.46 bits per heavy atom. The second kappa shape index (κ2) is 10.5. The van der Waals surface area contributed by atoms with E-state index in [1.54, 1.807) is 18.8 Å². The number of rotatable bonds is 8. The molecular weight excluding hydrogens is 524 g/mol. The molecule has 0 saturated carbocycles. The van der Waals surface area contributed by atoms with Crippen molar-refractivity contribution in [1.82, 2.24) is 19.5 Å². The summed E-state index contributed by atoms with van der Waals surface area (Å²) in [6, 6.07) is 24.8. The van der Waals surface area contributed by atoms with E-state index in [0.717, 1.165) is 16.7 Å². The third kappa shape index (κ3) is 4.10. The number of aromatic hydroxyl groups is 1. The third-order valence-electron chi connectivity index (χ3n) is 8.06. The molecule has 0 amide bonds. The van der Waals surface area contributed by atoms with Crippen LogP contribution in [0.15, 0.2) is 91.5 Å². The van der Waals surface area contributed by atoms with E-state index in [1.807, 2.05) is 78.9 Å². The molecule has 1 fully saturated rings. The average Bonchev–Trinajstić information content (AvgIpc) is 3.61. The van der Waals surface area contributed by atoms with Crippen molar-refractivity contribution in [2.24, 2.45) is 0 Å². The van der Waals surface area contributed by atoms with Crippen LogP contribution >= 0.6 is 0 Å². The SMILES string of the molecule is COc1ccc(C(c2ccccc2)(c2ccc(OC)cc2)[C@]2(O)C[C@H](n3cnc4c(O)ncnc43)O[C@@H]2CO)cc1. The molecule has 3 heterocycles. The Balaban J connectivity index is 1.62. The van der Waals surface area contributed by atoms with Gasteiger partial charge in [0.1, 0.15) is 35.8 Å². The van der Waals surface area contributed by atoms with Crippen molar-refractivity contribution in [2.75, 3.05) is 20.8 Å². The molecule has 0 spiro atoms. The first kappa shape index (κ1) is 26.7. The molecule has 3 atom stereocenters. The van der Waals surface area contributed by atoms with Gasteiger partial charge in [0.2, 0.25) is 5.88 Å². The number of hydrogen-bond donors (Lipinski definition) is 3. The van der Waals surface area contributed by atoms with Crippen LogP contribution in [0.25, 0.3) is 11.2 Å². The lowest BCUT2D eigenvalue weighted by Crippen LogP contribution is -2.59. The maximum absolute atomic E-state index is 13.1. The monoisotopic (exact) mass is 554 g/mol. The molecule has 0 bridgehead atoms. The predicted octanol–water partition coefficient (Wildman–Crippen LogP) is 3.59. The lowest BCUT2D eigenvalue weighted by atomic mass is 9.57. The van der Waals surface area contributed by atoms with Crippen LogP contribution in [0.4, 0.5) is 0 Å². The fraction of sp³-hybridized carbons (Fsp3) is 0.258. The summed E-state index contributed by atoms with van der Waals surface area (Å²) in [6.07, 6.45) is 1.00. The molecule has 3 aromatic carbocycles. The third-order valence-corrected chi connectivity index (χ3v) is 8.06. The fourth-order valence-corrected chi connectivity index (χ4v) is 6.17. The normalized spacial score (nSPS) is 20.8. The molecule has 210 valence electrons. The first-order chi connectivity index (χ1) is 20.0. The Bertz CT molecular complexity index is 1590. The Kier molecular flexibility index (Phi) is 6.82. The molecule has 2 aromatic heterocycles. The van der Waals surface area contributed by atoms with E-state index >= 15 is 0 Å². The summed E-state index contributed by atoms with van der Waals surface area (Å²) in [6.45, 7) is -0.458. The zero-order valence-corrected chi connectivity index (χ0v) is 22.6. The molecule has 41 heavy (non-hydrogen) atoms. The van der Waals surface area contributed by atoms with Crippen molar-refractivity contribution < 1.29 is 29.5 Å². The number of aliphatic hydroxyl groups excluding tert-OH is 1. The van der Waals surface area contributed by atoms with E-state index in [0.29, 0.717) is 17.1 Å². The number of hydrogen-bond acceptors (Lipinski definition) is 9. The molecule has 0 radical (unpaired) electrons. The highest BCUT2D eigenvalue weighted by Crippen LogP contribution is 2.56. The van der Waals surface area contributed by atoms with Crippen molar-refractivity contribution >= 4 is 11.2 Å². The number of imidazole rings is 1. The van der Waals surface area contributed by atoms with Crippen molar-refractivity contribution in [2.45, 2.75) is 29.8 Å². The summed E-state index contributed by atoms with van der Waals surface area (Å²) in [4.78, 5) is 12.4. The van der Waals surface area contributed by atoms with Crippen molar-refractivity contribution in [3.63, 3.8) is 0 Å². The summed E-state index contributed by atoms with van der Waals surface area (Å²) < 4.78 is 19.0. The highest BCUT2D eigenvalue weighted by molar-refractivity contribution is 5.75. The summed E-state index contributed by atoms with van der Waals surface area (Å²) in [7, 11) is 3.20. The zero-order valence-electron chi connectivity index (χ0n) is 22.6. The molecule has 6 rings (SSSR count). The molecule has 5 aromatic rings. The van der Waals surface area contributed by atoms with Crippen LogP contribution in [0.5, 0.6) is 17.4 Å². The summed E-state index contributed by atoms with van der Waals surface area (Å²) >= 11 is 0. The number of aliphatic hydroxyl groups is 2. The second-order valence-electron chi connectivity index (χ2n) is 9.98. The lowest BCUT2D eigenvalue weighted by Gasteiger charge is -2.48. The highest BCUT2D eigenvalue weighted by atomic mass is 16.5. The van der Waals surface area contributed by atoms with Gasteiger partial charge in [-0.15, -0.1) is 0 Å². The van der Waals surface area contributed by atoms with E-state index in [9.17, 15) is 15.3 Å². The smallest absolute Gasteiger partial charge is 0.242 e. The second-order valence-corrected chi connectivity index (χ2v) is 9.98. The van der Waals surface area contributed by atoms with Crippen molar-refractivity contribution in [1.29, 1.82) is 0 Å². The van der Waals surface area contributed by atoms with Gasteiger partial charge in [0, 0.05) is 6.42 Å². The zero-order chi connectivity index (χ0) is 28.6. The van der Waals surface area contributed by atoms with Gasteiger partial charge in [-0.1, -0.05) is 54.6 Å². The minimum absolute atomic E-state index is 0.0569. The topological polar surface area (TPSA) is 132 Å². The molecule has 10 heteroatoms. The molecule has 10 nitrogen and oxygen atoms in total. The Labute approximate surface area is 236 Å². The van der Waals surface area contributed by atoms with Crippen LogP contribution in [0, 0.1) is 0 Å². The molecule has 0 unspecified atom stereocenters. The first-order valence-corrected chi connectivity index (χ1v) is 13.2. The van der Waals surface area contributed by atoms with Gasteiger partial charge in [-0.25, -0.2) is 9.97 Å². The average molecular weight is 555 g/mol. The van der Waals surface area contributed by atoms with Crippen LogP contribution in [0.1, 0.15) is 29.3 Å². The molecular formula is C31H30N4O6. The minimum atomic E-state index is -1.69. The number of benzene rings is 3. The predicted molar refractivity (Wildman–Crippen MR) is 150 cm³/mol. The van der Waals surface area contributed by atoms with Gasteiger partial charge in [-0.05, 0) is 41.0 Å². The van der Waals surface area contributed by atoms with Gasteiger partial charge in [0.05, 0.1) is 32.6 Å². The first-order valence-electron chi connectivity index (χ1n) is 13.2. The Morgan fingerprint density at radius 3 is 2.02 bits per heavy atom. The Morgan fingerprint density at radius 1 is 0.878 bits per heavy atom. The quantitative estimate of drug-likeness (QED) is 0.246. The maximum Gasteiger partial charge on any atom is 0.242 e. The van der Waals surface area contributed by atoms with Crippen LogP contribution in [0.3, 0.4) is 0 Å². The molecule has 1 aliphatic rings. The van der Waals surface area contributed by atoms with E-state index < -0.39 is 30.0 Å². The number of nitrogens with zero attached hydrogens (tertiary/aromatic N) is 4. The maximum atomic E-state index is 13.1. The van der Waals surface area contributed by atoms with Crippen LogP contribution in [-0.4, -0.2) is 67.4 Å². The van der Waals surface area contributed by atoms with E-state index in [4.69, 9.17) is 14.2 Å². The molecule has 3 N–H and O–H groups in total. The standard InChI is InChI=1S/C31H30N4O6/c1-39-23-12-8-21(9-13-23)31(20-6-4-3-5-7-20,22-10-14-24(40-2)15-11-22)30(38)16-26(41-25(30)17-36)35-19-34-27-28(35)32-18-33-29(27)37/h3-15,18-19,25-26,36,38H,16-17H2,1-2H3,(H,32,33,37)/t25-,26-,30+/m1/s1. The van der Waals surface area contributed by atoms with Crippen LogP contribution < -0.4 is 9.47 Å². The van der Waals surface area contributed by atoms with Gasteiger partial charge < -0.3 is 29.5 Å². The van der Waals surface area contributed by atoms with Crippen LogP contribution in [0.2, 0.25) is 0 Å². The number of methoxy groups -OCH3 is 2. The lowest BCUT2D eigenvalue weighted by molar-refractivity contribution is -0.101. The molecule has 0 aliphatic carbocycles. The minimum Gasteiger partial charge on any atom is -0.497 e. The van der Waals surface area contributed by atoms with Crippen molar-refractivity contribution in [3.8, 4) is 17.4 Å². The van der Waals surface area contributed by atoms with Gasteiger partial charge in [-0.2, -0.15) is 4.98 Å². The van der Waals surface area contributed by atoms with E-state index in [2.05, 4.69) is 15.0 Å². The Hall–Kier alpha value is -4.51. The van der Waals surface area contributed by atoms with Gasteiger partial charge >= 0.3 is 0 Å². The van der Waals surface area contributed by atoms with E-state index in [1.165, 1.54) is 12.7 Å². The molecule has 1 saturated heterocycles. The van der Waals surface area contributed by atoms with Crippen molar-refractivity contribution in [3.05, 3.63) is 108 Å². The number of ether oxygens (including phenoxy) is 3. The summed E-state index contributed by atoms with van der Waals surface area (Å²) in [5.74, 6) is 1.08. The van der Waals surface area contributed by atoms with Crippen LogP contribution in [-0.2, 0) is 10.2 Å². The summed E-state index contributed by atoms with van der Waals surface area (Å²) in [5.41, 5.74) is 0.00134. The fourth-order valence-electron chi connectivity index (χ4n) is 6.17. The van der Waals surface area contributed by atoms with E-state index in [-0.39, 0.29) is 17.8 Å². The number of aromatic nitrogens is 4. The molecule has 1 aliphatic heterocycles. The van der Waals surface area contributed by atoms with Gasteiger partial charge in [0.25, 0.3) is 0 Å². The van der Waals surface area contributed by atoms with Gasteiger partial charge in [-0.3, -0.25) is 4.57 Å². The highest BCUT2D eigenvalue weighted by Gasteiger charge is 2.63. The van der Waals surface area contributed by atoms with Gasteiger partial charge in [0.15, 0.2) is 11.2 Å². The summed E-state index contributed by atoms with van der Waals surface area (Å²) in [5, 5.41) is 34.0. The largest absolute Gasteiger partial charge is 0.497 e.